The summed E-state index contributed by atoms with van der Waals surface area (Å²) in [7, 11) is 3.42. The summed E-state index contributed by atoms with van der Waals surface area (Å²) in [5.74, 6) is 1.34. The smallest absolute Gasteiger partial charge is 0.227 e. The predicted octanol–water partition coefficient (Wildman–Crippen LogP) is 0.798. The number of aromatic nitrogens is 2. The van der Waals surface area contributed by atoms with Crippen LogP contribution in [0.3, 0.4) is 0 Å². The minimum Gasteiger partial charge on any atom is -0.375 e. The molecule has 22 heavy (non-hydrogen) atoms. The maximum absolute atomic E-state index is 9.27. The molecule has 2 fully saturated rings. The highest BCUT2D eigenvalue weighted by atomic mass is 16.5. The summed E-state index contributed by atoms with van der Waals surface area (Å²) in [6.07, 6.45) is 1.60. The van der Waals surface area contributed by atoms with Gasteiger partial charge in [-0.15, -0.1) is 0 Å². The summed E-state index contributed by atoms with van der Waals surface area (Å²) in [5.41, 5.74) is 0.198. The standard InChI is InChI=1S/C15H21N5O2/c1-14(21-3)7-19(8-14)12-11(5-16)6-17-13(18-12)20-9-15(2,10-20)22-4/h6H,7-10H2,1-4H3. The van der Waals surface area contributed by atoms with E-state index in [2.05, 4.69) is 39.7 Å². The summed E-state index contributed by atoms with van der Waals surface area (Å²) in [5, 5.41) is 9.27. The first-order valence-corrected chi connectivity index (χ1v) is 7.29. The molecule has 2 aliphatic heterocycles. The Morgan fingerprint density at radius 3 is 2.14 bits per heavy atom. The number of nitrogens with zero attached hydrogens (tertiary/aromatic N) is 5. The highest BCUT2D eigenvalue weighted by Gasteiger charge is 2.43. The topological polar surface area (TPSA) is 74.5 Å². The summed E-state index contributed by atoms with van der Waals surface area (Å²) in [4.78, 5) is 13.0. The highest BCUT2D eigenvalue weighted by molar-refractivity contribution is 5.58. The van der Waals surface area contributed by atoms with E-state index in [-0.39, 0.29) is 11.2 Å². The lowest BCUT2D eigenvalue weighted by Crippen LogP contribution is -2.62. The molecule has 7 heteroatoms. The van der Waals surface area contributed by atoms with Gasteiger partial charge in [0.2, 0.25) is 5.95 Å². The molecule has 0 bridgehead atoms. The quantitative estimate of drug-likeness (QED) is 0.814. The fourth-order valence-corrected chi connectivity index (χ4v) is 2.91. The Bertz CT molecular complexity index is 615. The normalized spacial score (nSPS) is 21.8. The molecule has 0 amide bonds. The van der Waals surface area contributed by atoms with Crippen LogP contribution in [0.5, 0.6) is 0 Å². The van der Waals surface area contributed by atoms with Crippen molar-refractivity contribution in [2.45, 2.75) is 25.0 Å². The van der Waals surface area contributed by atoms with Crippen LogP contribution in [0.2, 0.25) is 0 Å². The highest BCUT2D eigenvalue weighted by Crippen LogP contribution is 2.33. The fraction of sp³-hybridized carbons (Fsp3) is 0.667. The Hall–Kier alpha value is -1.91. The van der Waals surface area contributed by atoms with Crippen LogP contribution in [0.1, 0.15) is 19.4 Å². The van der Waals surface area contributed by atoms with Crippen molar-refractivity contribution in [2.75, 3.05) is 50.2 Å². The van der Waals surface area contributed by atoms with Gasteiger partial charge in [-0.1, -0.05) is 0 Å². The van der Waals surface area contributed by atoms with Crippen molar-refractivity contribution in [2.24, 2.45) is 0 Å². The van der Waals surface area contributed by atoms with Crippen LogP contribution in [0.4, 0.5) is 11.8 Å². The van der Waals surface area contributed by atoms with Crippen molar-refractivity contribution in [1.29, 1.82) is 5.26 Å². The molecule has 1 aromatic heterocycles. The van der Waals surface area contributed by atoms with Crippen molar-refractivity contribution in [3.8, 4) is 6.07 Å². The number of hydrogen-bond acceptors (Lipinski definition) is 7. The number of rotatable bonds is 4. The number of hydrogen-bond donors (Lipinski definition) is 0. The molecule has 0 N–H and O–H groups in total. The lowest BCUT2D eigenvalue weighted by Gasteiger charge is -2.49. The SMILES string of the molecule is COC1(C)CN(c2ncc(C#N)c(N3CC(C)(OC)C3)n2)C1. The third-order valence-corrected chi connectivity index (χ3v) is 4.55. The number of anilines is 2. The van der Waals surface area contributed by atoms with E-state index in [1.165, 1.54) is 0 Å². The average Bonchev–Trinajstić information content (AvgIpc) is 2.48. The first-order valence-electron chi connectivity index (χ1n) is 7.29. The Kier molecular flexibility index (Phi) is 3.46. The fourth-order valence-electron chi connectivity index (χ4n) is 2.91. The molecule has 0 aliphatic carbocycles. The van der Waals surface area contributed by atoms with Gasteiger partial charge in [0.1, 0.15) is 17.2 Å². The zero-order chi connectivity index (χ0) is 16.0. The minimum atomic E-state index is -0.163. The van der Waals surface area contributed by atoms with Gasteiger partial charge in [-0.3, -0.25) is 0 Å². The van der Waals surface area contributed by atoms with Crippen molar-refractivity contribution < 1.29 is 9.47 Å². The average molecular weight is 303 g/mol. The van der Waals surface area contributed by atoms with E-state index in [0.29, 0.717) is 17.3 Å². The lowest BCUT2D eigenvalue weighted by atomic mass is 9.96. The predicted molar refractivity (Wildman–Crippen MR) is 82.0 cm³/mol. The van der Waals surface area contributed by atoms with E-state index in [1.54, 1.807) is 20.4 Å². The monoisotopic (exact) mass is 303 g/mol. The summed E-state index contributed by atoms with van der Waals surface area (Å²) in [6.45, 7) is 7.08. The van der Waals surface area contributed by atoms with E-state index in [1.807, 2.05) is 0 Å². The van der Waals surface area contributed by atoms with E-state index in [9.17, 15) is 5.26 Å². The number of nitriles is 1. The number of methoxy groups -OCH3 is 2. The van der Waals surface area contributed by atoms with Gasteiger partial charge in [0.05, 0.1) is 38.0 Å². The van der Waals surface area contributed by atoms with Crippen LogP contribution in [0.15, 0.2) is 6.20 Å². The van der Waals surface area contributed by atoms with Crippen LogP contribution >= 0.6 is 0 Å². The van der Waals surface area contributed by atoms with E-state index < -0.39 is 0 Å². The summed E-state index contributed by atoms with van der Waals surface area (Å²) in [6, 6.07) is 2.17. The Morgan fingerprint density at radius 2 is 1.64 bits per heavy atom. The van der Waals surface area contributed by atoms with Crippen LogP contribution in [-0.4, -0.2) is 61.6 Å². The summed E-state index contributed by atoms with van der Waals surface area (Å²) >= 11 is 0. The van der Waals surface area contributed by atoms with Crippen molar-refractivity contribution in [3.05, 3.63) is 11.8 Å². The number of ether oxygens (including phenoxy) is 2. The van der Waals surface area contributed by atoms with E-state index >= 15 is 0 Å². The Labute approximate surface area is 130 Å². The molecule has 0 unspecified atom stereocenters. The second-order valence-electron chi connectivity index (χ2n) is 6.54. The molecule has 7 nitrogen and oxygen atoms in total. The molecule has 1 aromatic rings. The maximum atomic E-state index is 9.27. The van der Waals surface area contributed by atoms with Gasteiger partial charge in [-0.05, 0) is 13.8 Å². The molecule has 0 saturated carbocycles. The van der Waals surface area contributed by atoms with Gasteiger partial charge in [0.15, 0.2) is 5.82 Å². The van der Waals surface area contributed by atoms with Gasteiger partial charge in [-0.25, -0.2) is 4.98 Å². The largest absolute Gasteiger partial charge is 0.375 e. The molecule has 118 valence electrons. The van der Waals surface area contributed by atoms with Crippen molar-refractivity contribution >= 4 is 11.8 Å². The molecule has 2 saturated heterocycles. The molecule has 0 atom stereocenters. The van der Waals surface area contributed by atoms with Crippen LogP contribution < -0.4 is 9.80 Å². The van der Waals surface area contributed by atoms with Crippen LogP contribution in [-0.2, 0) is 9.47 Å². The van der Waals surface area contributed by atoms with Crippen molar-refractivity contribution in [1.82, 2.24) is 9.97 Å². The second-order valence-corrected chi connectivity index (χ2v) is 6.54. The zero-order valence-electron chi connectivity index (χ0n) is 13.5. The van der Waals surface area contributed by atoms with E-state index in [0.717, 1.165) is 26.2 Å². The molecular weight excluding hydrogens is 282 g/mol. The first-order chi connectivity index (χ1) is 10.4. The second kappa shape index (κ2) is 5.07. The molecular formula is C15H21N5O2. The van der Waals surface area contributed by atoms with Gasteiger partial charge < -0.3 is 19.3 Å². The first kappa shape index (κ1) is 15.0. The molecule has 3 rings (SSSR count). The lowest BCUT2D eigenvalue weighted by molar-refractivity contribution is -0.0182. The van der Waals surface area contributed by atoms with Crippen LogP contribution in [0.25, 0.3) is 0 Å². The third-order valence-electron chi connectivity index (χ3n) is 4.55. The van der Waals surface area contributed by atoms with E-state index in [4.69, 9.17) is 9.47 Å². The van der Waals surface area contributed by atoms with Crippen LogP contribution in [0, 0.1) is 11.3 Å². The molecule has 0 radical (unpaired) electrons. The maximum Gasteiger partial charge on any atom is 0.227 e. The van der Waals surface area contributed by atoms with Crippen molar-refractivity contribution in [3.63, 3.8) is 0 Å². The molecule has 2 aliphatic rings. The molecule has 3 heterocycles. The van der Waals surface area contributed by atoms with Gasteiger partial charge >= 0.3 is 0 Å². The van der Waals surface area contributed by atoms with Gasteiger partial charge in [0.25, 0.3) is 0 Å². The van der Waals surface area contributed by atoms with Gasteiger partial charge in [-0.2, -0.15) is 10.2 Å². The third kappa shape index (κ3) is 2.38. The Morgan fingerprint density at radius 1 is 1.09 bits per heavy atom. The molecule has 0 aromatic carbocycles. The van der Waals surface area contributed by atoms with Gasteiger partial charge in [0, 0.05) is 14.2 Å². The Balaban J connectivity index is 1.79. The minimum absolute atomic E-state index is 0.136. The zero-order valence-corrected chi connectivity index (χ0v) is 13.5. The summed E-state index contributed by atoms with van der Waals surface area (Å²) < 4.78 is 10.9. The molecule has 0 spiro atoms.